The Balaban J connectivity index is 2.64. The predicted molar refractivity (Wildman–Crippen MR) is 65.5 cm³/mol. The summed E-state index contributed by atoms with van der Waals surface area (Å²) in [5.74, 6) is 1.76. The number of hydrogen-bond donors (Lipinski definition) is 0. The highest BCUT2D eigenvalue weighted by atomic mass is 16.5. The Bertz CT molecular complexity index is 394. The van der Waals surface area contributed by atoms with E-state index in [1.807, 2.05) is 6.07 Å². The van der Waals surface area contributed by atoms with Crippen LogP contribution in [0.4, 0.5) is 0 Å². The zero-order valence-corrected chi connectivity index (χ0v) is 10.6. The molecule has 0 atom stereocenters. The van der Waals surface area contributed by atoms with E-state index in [4.69, 9.17) is 9.47 Å². The van der Waals surface area contributed by atoms with Gasteiger partial charge in [-0.1, -0.05) is 19.9 Å². The average molecular weight is 220 g/mol. The van der Waals surface area contributed by atoms with Gasteiger partial charge in [-0.3, -0.25) is 0 Å². The molecule has 0 radical (unpaired) electrons. The number of rotatable bonds is 2. The largest absolute Gasteiger partial charge is 0.493 e. The van der Waals surface area contributed by atoms with Gasteiger partial charge in [-0.05, 0) is 36.3 Å². The summed E-state index contributed by atoms with van der Waals surface area (Å²) in [5, 5.41) is 0. The second-order valence-corrected chi connectivity index (χ2v) is 5.07. The van der Waals surface area contributed by atoms with Crippen LogP contribution in [0.25, 0.3) is 0 Å². The van der Waals surface area contributed by atoms with Crippen molar-refractivity contribution in [1.29, 1.82) is 0 Å². The standard InChI is InChI=1S/C14H20O2/c1-14(2)9-5-6-10-7-8-11(15-3)13(16-4)12(10)14/h7-8H,5-6,9H2,1-4H3. The molecule has 2 heteroatoms. The lowest BCUT2D eigenvalue weighted by atomic mass is 9.72. The molecule has 2 rings (SSSR count). The van der Waals surface area contributed by atoms with Gasteiger partial charge < -0.3 is 9.47 Å². The fourth-order valence-electron chi connectivity index (χ4n) is 2.76. The van der Waals surface area contributed by atoms with Crippen LogP contribution in [0, 0.1) is 0 Å². The molecule has 0 heterocycles. The average Bonchev–Trinajstić information content (AvgIpc) is 2.27. The van der Waals surface area contributed by atoms with Crippen molar-refractivity contribution in [2.75, 3.05) is 14.2 Å². The van der Waals surface area contributed by atoms with E-state index in [0.29, 0.717) is 0 Å². The summed E-state index contributed by atoms with van der Waals surface area (Å²) in [6.07, 6.45) is 3.62. The highest BCUT2D eigenvalue weighted by Crippen LogP contribution is 2.46. The van der Waals surface area contributed by atoms with Crippen LogP contribution in [-0.4, -0.2) is 14.2 Å². The van der Waals surface area contributed by atoms with E-state index in [2.05, 4.69) is 19.9 Å². The minimum absolute atomic E-state index is 0.188. The molecule has 0 N–H and O–H groups in total. The van der Waals surface area contributed by atoms with Crippen LogP contribution < -0.4 is 9.47 Å². The Morgan fingerprint density at radius 2 is 1.88 bits per heavy atom. The fourth-order valence-corrected chi connectivity index (χ4v) is 2.76. The molecule has 0 aromatic heterocycles. The van der Waals surface area contributed by atoms with Crippen LogP contribution in [0.2, 0.25) is 0 Å². The number of methoxy groups -OCH3 is 2. The van der Waals surface area contributed by atoms with E-state index in [1.54, 1.807) is 14.2 Å². The molecule has 88 valence electrons. The Hall–Kier alpha value is -1.18. The van der Waals surface area contributed by atoms with Gasteiger partial charge in [-0.15, -0.1) is 0 Å². The molecule has 0 bridgehead atoms. The van der Waals surface area contributed by atoms with E-state index in [9.17, 15) is 0 Å². The summed E-state index contributed by atoms with van der Waals surface area (Å²) in [7, 11) is 3.42. The van der Waals surface area contributed by atoms with Crippen LogP contribution in [-0.2, 0) is 11.8 Å². The third kappa shape index (κ3) is 1.66. The van der Waals surface area contributed by atoms with E-state index in [0.717, 1.165) is 17.9 Å². The Morgan fingerprint density at radius 1 is 1.12 bits per heavy atom. The molecule has 1 aromatic carbocycles. The first-order chi connectivity index (χ1) is 7.60. The lowest BCUT2D eigenvalue weighted by molar-refractivity contribution is 0.332. The third-order valence-corrected chi connectivity index (χ3v) is 3.56. The molecule has 1 aromatic rings. The predicted octanol–water partition coefficient (Wildman–Crippen LogP) is 3.32. The second kappa shape index (κ2) is 4.00. The summed E-state index contributed by atoms with van der Waals surface area (Å²) in [6, 6.07) is 4.19. The van der Waals surface area contributed by atoms with Crippen LogP contribution >= 0.6 is 0 Å². The molecule has 0 aliphatic heterocycles. The lowest BCUT2D eigenvalue weighted by Crippen LogP contribution is -2.24. The fraction of sp³-hybridized carbons (Fsp3) is 0.571. The minimum Gasteiger partial charge on any atom is -0.493 e. The van der Waals surface area contributed by atoms with E-state index in [-0.39, 0.29) is 5.41 Å². The Morgan fingerprint density at radius 3 is 2.50 bits per heavy atom. The summed E-state index contributed by atoms with van der Waals surface area (Å²) >= 11 is 0. The van der Waals surface area contributed by atoms with Gasteiger partial charge >= 0.3 is 0 Å². The van der Waals surface area contributed by atoms with Crippen molar-refractivity contribution in [1.82, 2.24) is 0 Å². The normalized spacial score (nSPS) is 17.8. The molecule has 0 spiro atoms. The molecule has 16 heavy (non-hydrogen) atoms. The Kier molecular flexibility index (Phi) is 2.83. The van der Waals surface area contributed by atoms with Gasteiger partial charge in [0.05, 0.1) is 14.2 Å². The maximum absolute atomic E-state index is 5.55. The first kappa shape index (κ1) is 11.3. The molecule has 1 aliphatic rings. The number of ether oxygens (including phenoxy) is 2. The van der Waals surface area contributed by atoms with Crippen LogP contribution in [0.1, 0.15) is 37.8 Å². The van der Waals surface area contributed by atoms with Crippen molar-refractivity contribution in [3.8, 4) is 11.5 Å². The molecule has 0 unspecified atom stereocenters. The molecule has 0 saturated carbocycles. The van der Waals surface area contributed by atoms with Gasteiger partial charge in [-0.2, -0.15) is 0 Å². The van der Waals surface area contributed by atoms with Gasteiger partial charge in [0.15, 0.2) is 11.5 Å². The summed E-state index contributed by atoms with van der Waals surface area (Å²) in [5.41, 5.74) is 2.93. The van der Waals surface area contributed by atoms with Crippen molar-refractivity contribution in [3.05, 3.63) is 23.3 Å². The molecular weight excluding hydrogens is 200 g/mol. The SMILES string of the molecule is COc1ccc2c(c1OC)C(C)(C)CCC2. The van der Waals surface area contributed by atoms with Crippen molar-refractivity contribution >= 4 is 0 Å². The topological polar surface area (TPSA) is 18.5 Å². The van der Waals surface area contributed by atoms with E-state index < -0.39 is 0 Å². The maximum Gasteiger partial charge on any atom is 0.164 e. The molecule has 0 amide bonds. The van der Waals surface area contributed by atoms with Crippen molar-refractivity contribution in [3.63, 3.8) is 0 Å². The van der Waals surface area contributed by atoms with Gasteiger partial charge in [-0.25, -0.2) is 0 Å². The van der Waals surface area contributed by atoms with Crippen LogP contribution in [0.5, 0.6) is 11.5 Å². The summed E-state index contributed by atoms with van der Waals surface area (Å²) in [6.45, 7) is 4.57. The van der Waals surface area contributed by atoms with E-state index >= 15 is 0 Å². The second-order valence-electron chi connectivity index (χ2n) is 5.07. The van der Waals surface area contributed by atoms with Crippen molar-refractivity contribution < 1.29 is 9.47 Å². The monoisotopic (exact) mass is 220 g/mol. The zero-order valence-electron chi connectivity index (χ0n) is 10.6. The molecule has 1 aliphatic carbocycles. The Labute approximate surface area is 97.6 Å². The molecule has 0 saturated heterocycles. The van der Waals surface area contributed by atoms with Gasteiger partial charge in [0, 0.05) is 5.56 Å². The van der Waals surface area contributed by atoms with Crippen LogP contribution in [0.15, 0.2) is 12.1 Å². The van der Waals surface area contributed by atoms with Crippen molar-refractivity contribution in [2.24, 2.45) is 0 Å². The van der Waals surface area contributed by atoms with Crippen LogP contribution in [0.3, 0.4) is 0 Å². The first-order valence-electron chi connectivity index (χ1n) is 5.84. The molecule has 0 fully saturated rings. The highest BCUT2D eigenvalue weighted by molar-refractivity contribution is 5.54. The van der Waals surface area contributed by atoms with Crippen molar-refractivity contribution in [2.45, 2.75) is 38.5 Å². The minimum atomic E-state index is 0.188. The van der Waals surface area contributed by atoms with E-state index in [1.165, 1.54) is 24.0 Å². The molecule has 2 nitrogen and oxygen atoms in total. The van der Waals surface area contributed by atoms with Gasteiger partial charge in [0.2, 0.25) is 0 Å². The zero-order chi connectivity index (χ0) is 11.8. The summed E-state index contributed by atoms with van der Waals surface area (Å²) in [4.78, 5) is 0. The van der Waals surface area contributed by atoms with Gasteiger partial charge in [0.1, 0.15) is 0 Å². The van der Waals surface area contributed by atoms with Gasteiger partial charge in [0.25, 0.3) is 0 Å². The quantitative estimate of drug-likeness (QED) is 0.761. The number of benzene rings is 1. The third-order valence-electron chi connectivity index (χ3n) is 3.56. The lowest BCUT2D eigenvalue weighted by Gasteiger charge is -2.34. The number of aryl methyl sites for hydroxylation is 1. The highest BCUT2D eigenvalue weighted by Gasteiger charge is 2.32. The molecular formula is C14H20O2. The smallest absolute Gasteiger partial charge is 0.164 e. The summed E-state index contributed by atoms with van der Waals surface area (Å²) < 4.78 is 10.9. The maximum atomic E-state index is 5.55. The first-order valence-corrected chi connectivity index (χ1v) is 5.84. The number of fused-ring (bicyclic) bond motifs is 1. The number of hydrogen-bond acceptors (Lipinski definition) is 2.